The van der Waals surface area contributed by atoms with Crippen molar-refractivity contribution in [3.63, 3.8) is 0 Å². The van der Waals surface area contributed by atoms with Gasteiger partial charge in [-0.3, -0.25) is 10.1 Å². The first-order valence-electron chi connectivity index (χ1n) is 5.19. The third-order valence-electron chi connectivity index (χ3n) is 2.27. The van der Waals surface area contributed by atoms with Crippen molar-refractivity contribution in [3.05, 3.63) is 33.9 Å². The van der Waals surface area contributed by atoms with E-state index in [0.29, 0.717) is 17.9 Å². The number of halogens is 1. The summed E-state index contributed by atoms with van der Waals surface area (Å²) < 4.78 is 26.2. The minimum absolute atomic E-state index is 0.0775. The molecule has 0 aliphatic carbocycles. The lowest BCUT2D eigenvalue weighted by atomic mass is 10.2. The lowest BCUT2D eigenvalue weighted by molar-refractivity contribution is -0.385. The number of aryl methyl sites for hydroxylation is 1. The van der Waals surface area contributed by atoms with Crippen molar-refractivity contribution in [2.45, 2.75) is 18.2 Å². The molecule has 0 saturated heterocycles. The summed E-state index contributed by atoms with van der Waals surface area (Å²) in [4.78, 5) is 9.92. The molecule has 0 saturated carbocycles. The van der Waals surface area contributed by atoms with Crippen molar-refractivity contribution >= 4 is 27.3 Å². The second-order valence-electron chi connectivity index (χ2n) is 3.65. The van der Waals surface area contributed by atoms with Crippen LogP contribution in [0.1, 0.15) is 12.0 Å². The molecular formula is C10H13ClN2O4S. The standard InChI is InChI=1S/C10H13ClN2O4S/c1-8-3-4-9(13(14)15)7-10(8)18(16,17)12-6-2-5-11/h3-4,7,12H,2,5-6H2,1H3. The van der Waals surface area contributed by atoms with Gasteiger partial charge < -0.3 is 0 Å². The summed E-state index contributed by atoms with van der Waals surface area (Å²) in [5, 5.41) is 10.6. The van der Waals surface area contributed by atoms with Crippen LogP contribution in [0, 0.1) is 17.0 Å². The number of rotatable bonds is 6. The maximum absolute atomic E-state index is 11.9. The summed E-state index contributed by atoms with van der Waals surface area (Å²) in [5.41, 5.74) is 0.206. The highest BCUT2D eigenvalue weighted by Crippen LogP contribution is 2.21. The van der Waals surface area contributed by atoms with Gasteiger partial charge in [-0.15, -0.1) is 11.6 Å². The molecule has 0 fully saturated rings. The molecule has 1 rings (SSSR count). The maximum atomic E-state index is 11.9. The van der Waals surface area contributed by atoms with Gasteiger partial charge in [0.25, 0.3) is 5.69 Å². The highest BCUT2D eigenvalue weighted by molar-refractivity contribution is 7.89. The number of alkyl halides is 1. The van der Waals surface area contributed by atoms with E-state index in [0.717, 1.165) is 6.07 Å². The number of non-ortho nitro benzene ring substituents is 1. The van der Waals surface area contributed by atoms with Crippen molar-refractivity contribution < 1.29 is 13.3 Å². The number of sulfonamides is 1. The summed E-state index contributed by atoms with van der Waals surface area (Å²) in [7, 11) is -3.73. The predicted molar refractivity (Wildman–Crippen MR) is 68.4 cm³/mol. The van der Waals surface area contributed by atoms with Crippen molar-refractivity contribution in [3.8, 4) is 0 Å². The zero-order chi connectivity index (χ0) is 13.8. The Hall–Kier alpha value is -1.18. The Kier molecular flexibility index (Phi) is 5.06. The first-order chi connectivity index (χ1) is 8.38. The van der Waals surface area contributed by atoms with Gasteiger partial charge in [-0.2, -0.15) is 0 Å². The van der Waals surface area contributed by atoms with E-state index in [1.165, 1.54) is 12.1 Å². The van der Waals surface area contributed by atoms with E-state index in [-0.39, 0.29) is 17.1 Å². The maximum Gasteiger partial charge on any atom is 0.270 e. The molecule has 0 heterocycles. The smallest absolute Gasteiger partial charge is 0.258 e. The summed E-state index contributed by atoms with van der Waals surface area (Å²) in [6, 6.07) is 3.74. The van der Waals surface area contributed by atoms with Crippen molar-refractivity contribution in [2.24, 2.45) is 0 Å². The SMILES string of the molecule is Cc1ccc([N+](=O)[O-])cc1S(=O)(=O)NCCCCl. The second kappa shape index (κ2) is 6.12. The minimum atomic E-state index is -3.73. The molecule has 6 nitrogen and oxygen atoms in total. The van der Waals surface area contributed by atoms with Crippen LogP contribution in [0.2, 0.25) is 0 Å². The molecule has 0 unspecified atom stereocenters. The number of nitro groups is 1. The highest BCUT2D eigenvalue weighted by Gasteiger charge is 2.19. The van der Waals surface area contributed by atoms with Crippen LogP contribution >= 0.6 is 11.6 Å². The molecule has 1 N–H and O–H groups in total. The first-order valence-corrected chi connectivity index (χ1v) is 7.21. The summed E-state index contributed by atoms with van der Waals surface area (Å²) >= 11 is 5.45. The first kappa shape index (κ1) is 14.9. The number of nitrogens with zero attached hydrogens (tertiary/aromatic N) is 1. The molecule has 8 heteroatoms. The zero-order valence-electron chi connectivity index (χ0n) is 9.72. The Labute approximate surface area is 110 Å². The summed E-state index contributed by atoms with van der Waals surface area (Å²) in [6.45, 7) is 1.79. The van der Waals surface area contributed by atoms with Crippen molar-refractivity contribution in [2.75, 3.05) is 12.4 Å². The van der Waals surface area contributed by atoms with Gasteiger partial charge in [-0.05, 0) is 18.9 Å². The Morgan fingerprint density at radius 3 is 2.67 bits per heavy atom. The average Bonchev–Trinajstić information content (AvgIpc) is 2.29. The molecule has 1 aromatic carbocycles. The average molecular weight is 293 g/mol. The van der Waals surface area contributed by atoms with E-state index in [1.807, 2.05) is 0 Å². The van der Waals surface area contributed by atoms with E-state index in [4.69, 9.17) is 11.6 Å². The predicted octanol–water partition coefficient (Wildman–Crippen LogP) is 1.81. The lowest BCUT2D eigenvalue weighted by Gasteiger charge is -2.08. The topological polar surface area (TPSA) is 89.3 Å². The van der Waals surface area contributed by atoms with Crippen LogP contribution in [0.4, 0.5) is 5.69 Å². The minimum Gasteiger partial charge on any atom is -0.258 e. The van der Waals surface area contributed by atoms with Gasteiger partial charge in [0.05, 0.1) is 9.82 Å². The molecule has 0 atom stereocenters. The monoisotopic (exact) mass is 292 g/mol. The number of nitrogens with one attached hydrogen (secondary N) is 1. The van der Waals surface area contributed by atoms with Crippen molar-refractivity contribution in [1.82, 2.24) is 4.72 Å². The molecular weight excluding hydrogens is 280 g/mol. The van der Waals surface area contributed by atoms with Gasteiger partial charge in [0, 0.05) is 24.6 Å². The normalized spacial score (nSPS) is 11.4. The third-order valence-corrected chi connectivity index (χ3v) is 4.14. The Balaban J connectivity index is 3.07. The van der Waals surface area contributed by atoms with Gasteiger partial charge in [0.15, 0.2) is 0 Å². The number of hydrogen-bond acceptors (Lipinski definition) is 4. The molecule has 1 aromatic rings. The fourth-order valence-corrected chi connectivity index (χ4v) is 2.81. The van der Waals surface area contributed by atoms with Crippen LogP contribution in [-0.2, 0) is 10.0 Å². The van der Waals surface area contributed by atoms with Gasteiger partial charge in [-0.25, -0.2) is 13.1 Å². The molecule has 0 aliphatic rings. The number of nitro benzene ring substituents is 1. The quantitative estimate of drug-likeness (QED) is 0.375. The molecule has 0 bridgehead atoms. The van der Waals surface area contributed by atoms with Crippen LogP contribution in [0.3, 0.4) is 0 Å². The number of hydrogen-bond donors (Lipinski definition) is 1. The highest BCUT2D eigenvalue weighted by atomic mass is 35.5. The van der Waals surface area contributed by atoms with Gasteiger partial charge in [0.2, 0.25) is 10.0 Å². The molecule has 0 amide bonds. The second-order valence-corrected chi connectivity index (χ2v) is 5.76. The van der Waals surface area contributed by atoms with Crippen LogP contribution in [0.25, 0.3) is 0 Å². The molecule has 0 aromatic heterocycles. The molecule has 0 radical (unpaired) electrons. The van der Waals surface area contributed by atoms with Crippen molar-refractivity contribution in [1.29, 1.82) is 0 Å². The van der Waals surface area contributed by atoms with Gasteiger partial charge in [-0.1, -0.05) is 6.07 Å². The molecule has 0 aliphatic heterocycles. The Bertz CT molecular complexity index is 545. The zero-order valence-corrected chi connectivity index (χ0v) is 11.3. The summed E-state index contributed by atoms with van der Waals surface area (Å²) in [6.07, 6.45) is 0.495. The third kappa shape index (κ3) is 3.66. The summed E-state index contributed by atoms with van der Waals surface area (Å²) in [5.74, 6) is 0.344. The Morgan fingerprint density at radius 2 is 2.11 bits per heavy atom. The largest absolute Gasteiger partial charge is 0.270 e. The van der Waals surface area contributed by atoms with E-state index in [9.17, 15) is 18.5 Å². The molecule has 0 spiro atoms. The van der Waals surface area contributed by atoms with E-state index in [2.05, 4.69) is 4.72 Å². The number of benzene rings is 1. The lowest BCUT2D eigenvalue weighted by Crippen LogP contribution is -2.25. The van der Waals surface area contributed by atoms with E-state index >= 15 is 0 Å². The van der Waals surface area contributed by atoms with E-state index < -0.39 is 14.9 Å². The fraction of sp³-hybridized carbons (Fsp3) is 0.400. The van der Waals surface area contributed by atoms with Crippen LogP contribution < -0.4 is 4.72 Å². The molecule has 18 heavy (non-hydrogen) atoms. The molecule has 100 valence electrons. The van der Waals surface area contributed by atoms with Gasteiger partial charge >= 0.3 is 0 Å². The van der Waals surface area contributed by atoms with Gasteiger partial charge in [0.1, 0.15) is 0 Å². The van der Waals surface area contributed by atoms with Crippen LogP contribution in [0.15, 0.2) is 23.1 Å². The Morgan fingerprint density at radius 1 is 1.44 bits per heavy atom. The van der Waals surface area contributed by atoms with E-state index in [1.54, 1.807) is 6.92 Å². The van der Waals surface area contributed by atoms with Crippen LogP contribution in [-0.4, -0.2) is 25.8 Å². The fourth-order valence-electron chi connectivity index (χ4n) is 1.34. The van der Waals surface area contributed by atoms with Crippen LogP contribution in [0.5, 0.6) is 0 Å².